The molecule has 176 valence electrons. The Bertz CT molecular complexity index is 842. The Balaban J connectivity index is 2.76. The Labute approximate surface area is 194 Å². The molecule has 0 unspecified atom stereocenters. The van der Waals surface area contributed by atoms with E-state index in [4.69, 9.17) is 0 Å². The van der Waals surface area contributed by atoms with Gasteiger partial charge in [-0.1, -0.05) is 85.3 Å². The predicted octanol–water partition coefficient (Wildman–Crippen LogP) is 5.92. The fraction of sp³-hybridized carbons (Fsp3) is 0.464. The summed E-state index contributed by atoms with van der Waals surface area (Å²) in [5.41, 5.74) is 0.214. The van der Waals surface area contributed by atoms with Gasteiger partial charge in [0.25, 0.3) is 0 Å². The van der Waals surface area contributed by atoms with Crippen LogP contribution in [-0.2, 0) is 9.53 Å². The van der Waals surface area contributed by atoms with E-state index in [9.17, 15) is 15.0 Å². The minimum Gasteiger partial charge on any atom is -0.466 e. The summed E-state index contributed by atoms with van der Waals surface area (Å²) < 4.78 is 4.56. The van der Waals surface area contributed by atoms with E-state index in [-0.39, 0.29) is 5.97 Å². The van der Waals surface area contributed by atoms with Gasteiger partial charge < -0.3 is 14.9 Å². The molecule has 0 spiro atoms. The van der Waals surface area contributed by atoms with Crippen molar-refractivity contribution < 1.29 is 19.7 Å². The number of hydrogen-bond donors (Lipinski definition) is 2. The molecule has 0 radical (unpaired) electrons. The van der Waals surface area contributed by atoms with Gasteiger partial charge in [-0.3, -0.25) is 0 Å². The third-order valence-corrected chi connectivity index (χ3v) is 6.14. The van der Waals surface area contributed by atoms with Gasteiger partial charge in [0.15, 0.2) is 0 Å². The number of carbonyl (C=O) groups is 1. The van der Waals surface area contributed by atoms with E-state index in [0.29, 0.717) is 6.42 Å². The van der Waals surface area contributed by atoms with Crippen molar-refractivity contribution in [3.05, 3.63) is 83.6 Å². The number of rotatable bonds is 8. The van der Waals surface area contributed by atoms with Crippen molar-refractivity contribution in [1.29, 1.82) is 0 Å². The zero-order chi connectivity index (χ0) is 24.4. The highest BCUT2D eigenvalue weighted by molar-refractivity contribution is 5.82. The molecular formula is C28H40O4. The topological polar surface area (TPSA) is 66.8 Å². The molecule has 0 aromatic carbocycles. The summed E-state index contributed by atoms with van der Waals surface area (Å²) in [6.45, 7) is 11.6. The summed E-state index contributed by atoms with van der Waals surface area (Å²) in [4.78, 5) is 11.1. The fourth-order valence-electron chi connectivity index (χ4n) is 3.84. The highest BCUT2D eigenvalue weighted by atomic mass is 16.5. The number of allylic oxidation sites excluding steroid dienone is 12. The first-order valence-corrected chi connectivity index (χ1v) is 11.1. The lowest BCUT2D eigenvalue weighted by molar-refractivity contribution is -0.194. The highest BCUT2D eigenvalue weighted by Crippen LogP contribution is 2.50. The van der Waals surface area contributed by atoms with Crippen LogP contribution in [-0.4, -0.2) is 34.5 Å². The van der Waals surface area contributed by atoms with E-state index in [1.165, 1.54) is 13.2 Å². The van der Waals surface area contributed by atoms with Crippen LogP contribution < -0.4 is 0 Å². The summed E-state index contributed by atoms with van der Waals surface area (Å²) in [5.74, 6) is -0.372. The van der Waals surface area contributed by atoms with Gasteiger partial charge in [0, 0.05) is 6.08 Å². The van der Waals surface area contributed by atoms with Crippen molar-refractivity contribution >= 4 is 5.97 Å². The van der Waals surface area contributed by atoms with Gasteiger partial charge in [-0.25, -0.2) is 4.79 Å². The molecule has 0 heterocycles. The van der Waals surface area contributed by atoms with Gasteiger partial charge in [-0.15, -0.1) is 0 Å². The van der Waals surface area contributed by atoms with Crippen LogP contribution in [0.5, 0.6) is 0 Å². The molecule has 0 aromatic heterocycles. The van der Waals surface area contributed by atoms with E-state index in [2.05, 4.69) is 4.74 Å². The van der Waals surface area contributed by atoms with Crippen LogP contribution in [0, 0.1) is 5.41 Å². The van der Waals surface area contributed by atoms with Crippen molar-refractivity contribution in [2.24, 2.45) is 5.41 Å². The van der Waals surface area contributed by atoms with Crippen LogP contribution in [0.3, 0.4) is 0 Å². The average Bonchev–Trinajstić information content (AvgIpc) is 2.71. The molecule has 2 atom stereocenters. The van der Waals surface area contributed by atoms with Crippen molar-refractivity contribution in [1.82, 2.24) is 0 Å². The van der Waals surface area contributed by atoms with Gasteiger partial charge in [-0.05, 0) is 58.4 Å². The first kappa shape index (κ1) is 27.6. The zero-order valence-electron chi connectivity index (χ0n) is 20.7. The number of carbonyl (C=O) groups excluding carboxylic acids is 1. The number of esters is 1. The molecule has 0 amide bonds. The monoisotopic (exact) mass is 440 g/mol. The maximum atomic E-state index is 11.3. The normalized spacial score (nSPS) is 27.8. The minimum absolute atomic E-state index is 0.372. The lowest BCUT2D eigenvalue weighted by atomic mass is 9.58. The Morgan fingerprint density at radius 2 is 1.31 bits per heavy atom. The lowest BCUT2D eigenvalue weighted by Gasteiger charge is -2.53. The SMILES string of the molecule is COC(=O)/C=C/C(C)=C/C=C/C=C(C)/C=C/C=C(C)/C=C/[C@]1(O)C(C)(C)CCC[C@]1(C)O. The van der Waals surface area contributed by atoms with E-state index in [1.54, 1.807) is 19.1 Å². The van der Waals surface area contributed by atoms with Crippen molar-refractivity contribution in [2.75, 3.05) is 7.11 Å². The number of aliphatic hydroxyl groups is 2. The zero-order valence-corrected chi connectivity index (χ0v) is 20.7. The second-order valence-corrected chi connectivity index (χ2v) is 9.44. The Morgan fingerprint density at radius 1 is 0.781 bits per heavy atom. The summed E-state index contributed by atoms with van der Waals surface area (Å²) >= 11 is 0. The van der Waals surface area contributed by atoms with E-state index < -0.39 is 16.6 Å². The van der Waals surface area contributed by atoms with Gasteiger partial charge in [0.1, 0.15) is 5.60 Å². The van der Waals surface area contributed by atoms with Crippen LogP contribution in [0.2, 0.25) is 0 Å². The molecular weight excluding hydrogens is 400 g/mol. The molecule has 0 aromatic rings. The number of ether oxygens (including phenoxy) is 1. The predicted molar refractivity (Wildman–Crippen MR) is 133 cm³/mol. The van der Waals surface area contributed by atoms with Gasteiger partial charge >= 0.3 is 5.97 Å². The molecule has 0 bridgehead atoms. The molecule has 1 fully saturated rings. The molecule has 4 heteroatoms. The van der Waals surface area contributed by atoms with Crippen molar-refractivity contribution in [2.45, 2.75) is 72.0 Å². The van der Waals surface area contributed by atoms with Crippen LogP contribution in [0.4, 0.5) is 0 Å². The van der Waals surface area contributed by atoms with Crippen LogP contribution in [0.25, 0.3) is 0 Å². The third kappa shape index (κ3) is 7.92. The minimum atomic E-state index is -1.27. The Morgan fingerprint density at radius 3 is 1.88 bits per heavy atom. The van der Waals surface area contributed by atoms with Crippen molar-refractivity contribution in [3.63, 3.8) is 0 Å². The first-order valence-electron chi connectivity index (χ1n) is 11.1. The second-order valence-electron chi connectivity index (χ2n) is 9.44. The Hall–Kier alpha value is -2.43. The number of hydrogen-bond acceptors (Lipinski definition) is 4. The van der Waals surface area contributed by atoms with Crippen LogP contribution in [0.1, 0.15) is 60.8 Å². The third-order valence-electron chi connectivity index (χ3n) is 6.14. The summed E-state index contributed by atoms with van der Waals surface area (Å²) in [6, 6.07) is 0. The van der Waals surface area contributed by atoms with Crippen LogP contribution in [0.15, 0.2) is 83.6 Å². The lowest BCUT2D eigenvalue weighted by Crippen LogP contribution is -2.62. The molecule has 1 aliphatic rings. The largest absolute Gasteiger partial charge is 0.466 e. The van der Waals surface area contributed by atoms with E-state index in [0.717, 1.165) is 29.6 Å². The first-order chi connectivity index (χ1) is 14.8. The van der Waals surface area contributed by atoms with Gasteiger partial charge in [0.05, 0.1) is 12.7 Å². The fourth-order valence-corrected chi connectivity index (χ4v) is 3.84. The summed E-state index contributed by atoms with van der Waals surface area (Å²) in [5, 5.41) is 22.1. The summed E-state index contributed by atoms with van der Waals surface area (Å²) in [7, 11) is 1.35. The van der Waals surface area contributed by atoms with Gasteiger partial charge in [0.2, 0.25) is 0 Å². The molecule has 1 rings (SSSR count). The molecule has 4 nitrogen and oxygen atoms in total. The molecule has 1 aliphatic carbocycles. The molecule has 0 saturated heterocycles. The quantitative estimate of drug-likeness (QED) is 0.279. The maximum Gasteiger partial charge on any atom is 0.330 e. The Kier molecular flexibility index (Phi) is 10.3. The maximum absolute atomic E-state index is 11.3. The standard InChI is InChI=1S/C28H40O4/c1-22(12-8-9-13-23(2)16-17-25(29)32-7)14-10-15-24(3)18-21-28(31)26(4,5)19-11-20-27(28,6)30/h8-10,12-18,21,30-31H,11,19-20H2,1-7H3/b9-8+,14-10+,17-16+,21-18+,22-12+,23-13+,24-15+/t27-,28-/m0/s1. The van der Waals surface area contributed by atoms with Crippen LogP contribution >= 0.6 is 0 Å². The molecule has 2 N–H and O–H groups in total. The molecule has 32 heavy (non-hydrogen) atoms. The smallest absolute Gasteiger partial charge is 0.330 e. The molecule has 1 saturated carbocycles. The van der Waals surface area contributed by atoms with E-state index in [1.807, 2.05) is 83.2 Å². The average molecular weight is 441 g/mol. The molecule has 0 aliphatic heterocycles. The van der Waals surface area contributed by atoms with E-state index >= 15 is 0 Å². The second kappa shape index (κ2) is 12.0. The number of methoxy groups -OCH3 is 1. The highest BCUT2D eigenvalue weighted by Gasteiger charge is 2.56. The van der Waals surface area contributed by atoms with Gasteiger partial charge in [-0.2, -0.15) is 0 Å². The van der Waals surface area contributed by atoms with Crippen molar-refractivity contribution in [3.8, 4) is 0 Å². The summed E-state index contributed by atoms with van der Waals surface area (Å²) in [6.07, 6.45) is 22.8.